The molecule has 3 heterocycles. The molecule has 3 atom stereocenters. The summed E-state index contributed by atoms with van der Waals surface area (Å²) in [7, 11) is 0. The molecule has 148 valence electrons. The second kappa shape index (κ2) is 7.56. The number of amides is 1. The smallest absolute Gasteiger partial charge is 0.328 e. The summed E-state index contributed by atoms with van der Waals surface area (Å²) in [6, 6.07) is 1.96. The van der Waals surface area contributed by atoms with Gasteiger partial charge in [-0.2, -0.15) is 0 Å². The van der Waals surface area contributed by atoms with Crippen molar-refractivity contribution in [3.63, 3.8) is 0 Å². The Morgan fingerprint density at radius 3 is 2.64 bits per heavy atom. The van der Waals surface area contributed by atoms with Gasteiger partial charge in [-0.1, -0.05) is 6.92 Å². The van der Waals surface area contributed by atoms with Crippen molar-refractivity contribution in [2.45, 2.75) is 38.8 Å². The van der Waals surface area contributed by atoms with E-state index in [1.807, 2.05) is 6.92 Å². The fourth-order valence-corrected chi connectivity index (χ4v) is 3.96. The third kappa shape index (κ3) is 3.69. The van der Waals surface area contributed by atoms with E-state index in [0.29, 0.717) is 21.7 Å². The van der Waals surface area contributed by atoms with E-state index in [1.165, 1.54) is 18.3 Å². The number of aromatic nitrogens is 3. The van der Waals surface area contributed by atoms with Crippen molar-refractivity contribution in [3.05, 3.63) is 49.8 Å². The average molecular weight is 404 g/mol. The van der Waals surface area contributed by atoms with Crippen LogP contribution in [0.1, 0.15) is 45.7 Å². The lowest BCUT2D eigenvalue weighted by molar-refractivity contribution is -0.141. The van der Waals surface area contributed by atoms with Crippen LogP contribution in [0, 0.1) is 6.92 Å². The van der Waals surface area contributed by atoms with Crippen LogP contribution in [0.15, 0.2) is 23.1 Å². The van der Waals surface area contributed by atoms with Crippen molar-refractivity contribution < 1.29 is 19.8 Å². The number of rotatable bonds is 6. The van der Waals surface area contributed by atoms with E-state index < -0.39 is 24.0 Å². The predicted molar refractivity (Wildman–Crippen MR) is 104 cm³/mol. The van der Waals surface area contributed by atoms with E-state index in [9.17, 15) is 19.5 Å². The molecule has 0 spiro atoms. The highest BCUT2D eigenvalue weighted by Crippen LogP contribution is 2.32. The quantitative estimate of drug-likeness (QED) is 0.419. The number of carbonyl (C=O) groups excluding carboxylic acids is 1. The van der Waals surface area contributed by atoms with Gasteiger partial charge in [0.1, 0.15) is 11.5 Å². The molecule has 0 saturated carbocycles. The van der Waals surface area contributed by atoms with Crippen LogP contribution in [0.2, 0.25) is 0 Å². The van der Waals surface area contributed by atoms with Crippen LogP contribution in [0.4, 0.5) is 0 Å². The van der Waals surface area contributed by atoms with E-state index in [1.54, 1.807) is 25.3 Å². The standard InChI is InChI=1S/C18H20N4O5S/c1-7(10-6-19-15-13(10)17(25)21-9(3)20-15)11-4-5-12(28-11)16(24)22-14(8(2)23)18(26)27/h4-8,14,23H,1-3H3,(H,22,24)(H,26,27)(H2,19,20,21,25). The number of aromatic amines is 2. The number of aliphatic carboxylic acids is 1. The molecule has 3 rings (SSSR count). The molecular formula is C18H20N4O5S. The van der Waals surface area contributed by atoms with Crippen molar-refractivity contribution in [1.29, 1.82) is 0 Å². The van der Waals surface area contributed by atoms with Gasteiger partial charge in [0.25, 0.3) is 11.5 Å². The van der Waals surface area contributed by atoms with Crippen LogP contribution in [-0.4, -0.2) is 49.2 Å². The number of aliphatic hydroxyl groups is 1. The van der Waals surface area contributed by atoms with Crippen molar-refractivity contribution in [1.82, 2.24) is 20.3 Å². The maximum atomic E-state index is 12.3. The molecule has 0 saturated heterocycles. The molecule has 0 aliphatic carbocycles. The first kappa shape index (κ1) is 19.8. The normalized spacial score (nSPS) is 14.6. The molecule has 0 aromatic carbocycles. The number of H-pyrrole nitrogens is 2. The Balaban J connectivity index is 1.87. The Kier molecular flexibility index (Phi) is 5.34. The van der Waals surface area contributed by atoms with E-state index in [2.05, 4.69) is 20.3 Å². The average Bonchev–Trinajstić information content (AvgIpc) is 3.25. The number of aryl methyl sites for hydroxylation is 1. The third-order valence-corrected chi connectivity index (χ3v) is 5.74. The summed E-state index contributed by atoms with van der Waals surface area (Å²) in [5.74, 6) is -1.56. The van der Waals surface area contributed by atoms with Crippen LogP contribution in [-0.2, 0) is 4.79 Å². The Bertz CT molecular complexity index is 1100. The lowest BCUT2D eigenvalue weighted by atomic mass is 10.0. The Hall–Kier alpha value is -2.98. The number of nitrogens with zero attached hydrogens (tertiary/aromatic N) is 1. The second-order valence-electron chi connectivity index (χ2n) is 6.57. The van der Waals surface area contributed by atoms with Crippen LogP contribution >= 0.6 is 11.3 Å². The van der Waals surface area contributed by atoms with E-state index in [0.717, 1.165) is 10.4 Å². The minimum Gasteiger partial charge on any atom is -0.480 e. The summed E-state index contributed by atoms with van der Waals surface area (Å²) in [5.41, 5.74) is 1.02. The van der Waals surface area contributed by atoms with Gasteiger partial charge in [-0.15, -0.1) is 11.3 Å². The molecule has 0 bridgehead atoms. The molecule has 3 aromatic rings. The maximum Gasteiger partial charge on any atom is 0.328 e. The van der Waals surface area contributed by atoms with Crippen LogP contribution in [0.3, 0.4) is 0 Å². The van der Waals surface area contributed by atoms with Crippen LogP contribution < -0.4 is 10.9 Å². The summed E-state index contributed by atoms with van der Waals surface area (Å²) in [4.78, 5) is 46.9. The third-order valence-electron chi connectivity index (χ3n) is 4.47. The Labute approximate surface area is 163 Å². The second-order valence-corrected chi connectivity index (χ2v) is 7.69. The van der Waals surface area contributed by atoms with Gasteiger partial charge in [0.2, 0.25) is 0 Å². The van der Waals surface area contributed by atoms with Gasteiger partial charge in [0.05, 0.1) is 16.4 Å². The van der Waals surface area contributed by atoms with Gasteiger partial charge in [-0.25, -0.2) is 9.78 Å². The van der Waals surface area contributed by atoms with Gasteiger partial charge < -0.3 is 25.5 Å². The number of hydrogen-bond acceptors (Lipinski definition) is 6. The number of thiophene rings is 1. The summed E-state index contributed by atoms with van der Waals surface area (Å²) < 4.78 is 0. The molecule has 0 aliphatic rings. The number of fused-ring (bicyclic) bond motifs is 1. The highest BCUT2D eigenvalue weighted by molar-refractivity contribution is 7.14. The molecule has 3 unspecified atom stereocenters. The number of aliphatic hydroxyl groups excluding tert-OH is 1. The lowest BCUT2D eigenvalue weighted by Gasteiger charge is -2.16. The largest absolute Gasteiger partial charge is 0.480 e. The minimum atomic E-state index is -1.39. The van der Waals surface area contributed by atoms with Crippen molar-refractivity contribution in [2.75, 3.05) is 0 Å². The first-order valence-corrected chi connectivity index (χ1v) is 9.40. The van der Waals surface area contributed by atoms with Gasteiger partial charge in [0, 0.05) is 17.0 Å². The highest BCUT2D eigenvalue weighted by Gasteiger charge is 2.26. The Morgan fingerprint density at radius 1 is 1.29 bits per heavy atom. The lowest BCUT2D eigenvalue weighted by Crippen LogP contribution is -2.47. The molecule has 0 radical (unpaired) electrons. The predicted octanol–water partition coefficient (Wildman–Crippen LogP) is 1.34. The molecule has 10 heteroatoms. The number of carbonyl (C=O) groups is 2. The highest BCUT2D eigenvalue weighted by atomic mass is 32.1. The SMILES string of the molecule is Cc1nc2[nH]cc(C(C)c3ccc(C(=O)NC(C(=O)O)C(C)O)s3)c2c(=O)[nH]1. The van der Waals surface area contributed by atoms with E-state index in [-0.39, 0.29) is 11.5 Å². The van der Waals surface area contributed by atoms with E-state index >= 15 is 0 Å². The van der Waals surface area contributed by atoms with Gasteiger partial charge in [-0.3, -0.25) is 9.59 Å². The molecule has 0 aliphatic heterocycles. The van der Waals surface area contributed by atoms with Gasteiger partial charge in [-0.05, 0) is 31.5 Å². The summed E-state index contributed by atoms with van der Waals surface area (Å²) in [6.45, 7) is 4.91. The summed E-state index contributed by atoms with van der Waals surface area (Å²) in [5, 5.41) is 21.4. The summed E-state index contributed by atoms with van der Waals surface area (Å²) in [6.07, 6.45) is 0.499. The Morgan fingerprint density at radius 2 is 2.00 bits per heavy atom. The first-order chi connectivity index (χ1) is 13.2. The van der Waals surface area contributed by atoms with Crippen molar-refractivity contribution in [2.24, 2.45) is 0 Å². The van der Waals surface area contributed by atoms with Crippen LogP contribution in [0.5, 0.6) is 0 Å². The molecule has 3 aromatic heterocycles. The van der Waals surface area contributed by atoms with E-state index in [4.69, 9.17) is 5.11 Å². The fraction of sp³-hybridized carbons (Fsp3) is 0.333. The van der Waals surface area contributed by atoms with Gasteiger partial charge >= 0.3 is 5.97 Å². The minimum absolute atomic E-state index is 0.182. The van der Waals surface area contributed by atoms with Crippen LogP contribution in [0.25, 0.3) is 11.0 Å². The number of hydrogen-bond donors (Lipinski definition) is 5. The zero-order valence-corrected chi connectivity index (χ0v) is 16.3. The monoisotopic (exact) mass is 404 g/mol. The zero-order valence-electron chi connectivity index (χ0n) is 15.4. The fourth-order valence-electron chi connectivity index (χ4n) is 2.98. The maximum absolute atomic E-state index is 12.3. The molecule has 0 fully saturated rings. The molecular weight excluding hydrogens is 384 g/mol. The number of carboxylic acids is 1. The van der Waals surface area contributed by atoms with Crippen molar-refractivity contribution in [3.8, 4) is 0 Å². The number of nitrogens with one attached hydrogen (secondary N) is 3. The summed E-state index contributed by atoms with van der Waals surface area (Å²) >= 11 is 1.20. The molecule has 9 nitrogen and oxygen atoms in total. The first-order valence-electron chi connectivity index (χ1n) is 8.58. The van der Waals surface area contributed by atoms with Gasteiger partial charge in [0.15, 0.2) is 6.04 Å². The zero-order chi connectivity index (χ0) is 20.6. The molecule has 5 N–H and O–H groups in total. The number of carboxylic acid groups (broad SMARTS) is 1. The topological polar surface area (TPSA) is 148 Å². The van der Waals surface area contributed by atoms with Crippen molar-refractivity contribution >= 4 is 34.2 Å². The molecule has 1 amide bonds. The molecule has 28 heavy (non-hydrogen) atoms.